The summed E-state index contributed by atoms with van der Waals surface area (Å²) in [6.07, 6.45) is 1.51. The Morgan fingerprint density at radius 3 is 2.55 bits per heavy atom. The topological polar surface area (TPSA) is 71.9 Å². The van der Waals surface area contributed by atoms with E-state index in [1.54, 1.807) is 54.6 Å². The number of carbonyl (C=O) groups excluding carboxylic acids is 1. The summed E-state index contributed by atoms with van der Waals surface area (Å²) in [6.45, 7) is 0. The third kappa shape index (κ3) is 6.24. The molecule has 3 aromatic carbocycles. The van der Waals surface area contributed by atoms with Crippen molar-refractivity contribution in [1.82, 2.24) is 5.43 Å². The lowest BCUT2D eigenvalue weighted by Crippen LogP contribution is -2.23. The van der Waals surface area contributed by atoms with Gasteiger partial charge in [0.2, 0.25) is 0 Å². The van der Waals surface area contributed by atoms with Crippen LogP contribution < -0.4 is 20.2 Å². The summed E-state index contributed by atoms with van der Waals surface area (Å²) in [5.41, 5.74) is 4.21. The lowest BCUT2D eigenvalue weighted by molar-refractivity contribution is 0.0730. The Kier molecular flexibility index (Phi) is 7.53. The lowest BCUT2D eigenvalue weighted by atomic mass is 10.2. The van der Waals surface area contributed by atoms with Crippen LogP contribution >= 0.6 is 23.8 Å². The molecule has 0 aliphatic carbocycles. The number of hydrogen-bond acceptors (Lipinski definition) is 5. The largest absolute Gasteiger partial charge is 0.493 e. The van der Waals surface area contributed by atoms with Crippen LogP contribution in [0.15, 0.2) is 71.8 Å². The Balaban J connectivity index is 1.62. The molecule has 0 saturated carbocycles. The smallest absolute Gasteiger partial charge is 0.345 e. The van der Waals surface area contributed by atoms with Crippen LogP contribution in [0.2, 0.25) is 5.02 Å². The van der Waals surface area contributed by atoms with E-state index in [4.69, 9.17) is 33.3 Å². The number of nitrogens with zero attached hydrogens (tertiary/aromatic N) is 1. The highest BCUT2D eigenvalue weighted by molar-refractivity contribution is 7.80. The first kappa shape index (κ1) is 22.2. The Bertz CT molecular complexity index is 1120. The minimum atomic E-state index is -0.593. The van der Waals surface area contributed by atoms with E-state index in [2.05, 4.69) is 15.8 Å². The van der Waals surface area contributed by atoms with Crippen molar-refractivity contribution in [1.29, 1.82) is 0 Å². The number of benzene rings is 3. The van der Waals surface area contributed by atoms with Gasteiger partial charge in [-0.3, -0.25) is 5.43 Å². The highest BCUT2D eigenvalue weighted by Crippen LogP contribution is 2.29. The normalized spacial score (nSPS) is 10.5. The number of hydrogen-bond donors (Lipinski definition) is 2. The molecule has 0 aliphatic rings. The number of ether oxygens (including phenoxy) is 2. The standard InChI is InChI=1S/C22H17ClFN3O3S/c1-29-20-12-14(13-25-27-22(31)26-16-9-7-15(24)8-10-16)6-11-19(20)30-21(28)17-4-2-3-5-18(17)23/h2-13H,1H3,(H2,26,27,31). The molecule has 0 bridgehead atoms. The van der Waals surface area contributed by atoms with Gasteiger partial charge >= 0.3 is 5.97 Å². The van der Waals surface area contributed by atoms with Crippen LogP contribution in [0.5, 0.6) is 11.5 Å². The summed E-state index contributed by atoms with van der Waals surface area (Å²) in [5, 5.41) is 7.46. The van der Waals surface area contributed by atoms with Crippen LogP contribution in [0.25, 0.3) is 0 Å². The summed E-state index contributed by atoms with van der Waals surface area (Å²) in [6, 6.07) is 17.3. The molecule has 3 rings (SSSR count). The number of rotatable bonds is 6. The second kappa shape index (κ2) is 10.5. The zero-order valence-electron chi connectivity index (χ0n) is 16.3. The molecule has 0 aromatic heterocycles. The summed E-state index contributed by atoms with van der Waals surface area (Å²) < 4.78 is 23.7. The average molecular weight is 458 g/mol. The molecule has 31 heavy (non-hydrogen) atoms. The van der Waals surface area contributed by atoms with Crippen molar-refractivity contribution in [2.45, 2.75) is 0 Å². The lowest BCUT2D eigenvalue weighted by Gasteiger charge is -2.10. The monoisotopic (exact) mass is 457 g/mol. The van der Waals surface area contributed by atoms with Crippen LogP contribution in [-0.2, 0) is 0 Å². The van der Waals surface area contributed by atoms with E-state index >= 15 is 0 Å². The molecule has 2 N–H and O–H groups in total. The van der Waals surface area contributed by atoms with Crippen molar-refractivity contribution in [2.24, 2.45) is 5.10 Å². The van der Waals surface area contributed by atoms with Gasteiger partial charge in [0, 0.05) is 5.69 Å². The van der Waals surface area contributed by atoms with Gasteiger partial charge in [-0.15, -0.1) is 0 Å². The number of methoxy groups -OCH3 is 1. The maximum atomic E-state index is 12.9. The van der Waals surface area contributed by atoms with Crippen molar-refractivity contribution < 1.29 is 18.7 Å². The number of hydrazone groups is 1. The number of halogens is 2. The molecule has 3 aromatic rings. The molecule has 0 aliphatic heterocycles. The summed E-state index contributed by atoms with van der Waals surface area (Å²) in [5.74, 6) is -0.344. The molecule has 158 valence electrons. The van der Waals surface area contributed by atoms with Crippen LogP contribution in [0, 0.1) is 5.82 Å². The van der Waals surface area contributed by atoms with E-state index in [0.29, 0.717) is 22.0 Å². The Hall–Kier alpha value is -3.49. The van der Waals surface area contributed by atoms with Gasteiger partial charge in [-0.2, -0.15) is 5.10 Å². The highest BCUT2D eigenvalue weighted by Gasteiger charge is 2.15. The fourth-order valence-corrected chi connectivity index (χ4v) is 2.87. The van der Waals surface area contributed by atoms with Crippen molar-refractivity contribution in [2.75, 3.05) is 12.4 Å². The van der Waals surface area contributed by atoms with E-state index in [1.165, 1.54) is 25.5 Å². The van der Waals surface area contributed by atoms with E-state index in [-0.39, 0.29) is 22.2 Å². The molecule has 0 amide bonds. The van der Waals surface area contributed by atoms with Gasteiger partial charge in [0.25, 0.3) is 0 Å². The maximum Gasteiger partial charge on any atom is 0.345 e. The molecule has 9 heteroatoms. The Labute approximate surface area is 188 Å². The quantitative estimate of drug-likeness (QED) is 0.178. The molecule has 6 nitrogen and oxygen atoms in total. The van der Waals surface area contributed by atoms with Gasteiger partial charge in [-0.05, 0) is 72.4 Å². The Morgan fingerprint density at radius 2 is 1.84 bits per heavy atom. The zero-order valence-corrected chi connectivity index (χ0v) is 17.8. The third-order valence-electron chi connectivity index (χ3n) is 3.97. The molecule has 0 atom stereocenters. The zero-order chi connectivity index (χ0) is 22.2. The molecule has 0 spiro atoms. The minimum absolute atomic E-state index is 0.236. The third-order valence-corrected chi connectivity index (χ3v) is 4.49. The first-order chi connectivity index (χ1) is 15.0. The van der Waals surface area contributed by atoms with Crippen molar-refractivity contribution in [3.8, 4) is 11.5 Å². The van der Waals surface area contributed by atoms with Gasteiger partial charge in [-0.25, -0.2) is 9.18 Å². The molecular weight excluding hydrogens is 441 g/mol. The predicted molar refractivity (Wildman–Crippen MR) is 123 cm³/mol. The fraction of sp³-hybridized carbons (Fsp3) is 0.0455. The molecule has 0 unspecified atom stereocenters. The molecule has 0 fully saturated rings. The summed E-state index contributed by atoms with van der Waals surface area (Å²) >= 11 is 11.2. The average Bonchev–Trinajstić information content (AvgIpc) is 2.76. The Morgan fingerprint density at radius 1 is 1.10 bits per heavy atom. The van der Waals surface area contributed by atoms with Gasteiger partial charge < -0.3 is 14.8 Å². The minimum Gasteiger partial charge on any atom is -0.493 e. The summed E-state index contributed by atoms with van der Waals surface area (Å²) in [7, 11) is 1.46. The van der Waals surface area contributed by atoms with Gasteiger partial charge in [0.05, 0.1) is 23.9 Å². The van der Waals surface area contributed by atoms with Crippen molar-refractivity contribution in [3.05, 3.63) is 88.7 Å². The van der Waals surface area contributed by atoms with E-state index in [1.807, 2.05) is 0 Å². The fourth-order valence-electron chi connectivity index (χ4n) is 2.49. The van der Waals surface area contributed by atoms with Crippen molar-refractivity contribution >= 4 is 46.8 Å². The molecule has 0 saturated heterocycles. The van der Waals surface area contributed by atoms with Crippen LogP contribution in [0.1, 0.15) is 15.9 Å². The maximum absolute atomic E-state index is 12.9. The second-order valence-corrected chi connectivity index (χ2v) is 6.93. The van der Waals surface area contributed by atoms with E-state index in [9.17, 15) is 9.18 Å². The number of esters is 1. The van der Waals surface area contributed by atoms with Crippen LogP contribution in [0.4, 0.5) is 10.1 Å². The number of anilines is 1. The first-order valence-corrected chi connectivity index (χ1v) is 9.75. The molecule has 0 radical (unpaired) electrons. The first-order valence-electron chi connectivity index (χ1n) is 8.96. The number of nitrogens with one attached hydrogen (secondary N) is 2. The van der Waals surface area contributed by atoms with Gasteiger partial charge in [0.1, 0.15) is 5.82 Å². The number of carbonyl (C=O) groups is 1. The van der Waals surface area contributed by atoms with Gasteiger partial charge in [-0.1, -0.05) is 23.7 Å². The number of thiocarbonyl (C=S) groups is 1. The van der Waals surface area contributed by atoms with Crippen LogP contribution in [0.3, 0.4) is 0 Å². The predicted octanol–water partition coefficient (Wildman–Crippen LogP) is 5.03. The highest BCUT2D eigenvalue weighted by atomic mass is 35.5. The second-order valence-electron chi connectivity index (χ2n) is 6.11. The van der Waals surface area contributed by atoms with E-state index < -0.39 is 5.97 Å². The van der Waals surface area contributed by atoms with Crippen LogP contribution in [-0.4, -0.2) is 24.4 Å². The van der Waals surface area contributed by atoms with E-state index in [0.717, 1.165) is 0 Å². The summed E-state index contributed by atoms with van der Waals surface area (Å²) in [4.78, 5) is 12.4. The SMILES string of the molecule is COc1cc(C=NNC(=S)Nc2ccc(F)cc2)ccc1OC(=O)c1ccccc1Cl. The van der Waals surface area contributed by atoms with Gasteiger partial charge in [0.15, 0.2) is 16.6 Å². The molecule has 0 heterocycles. The molecular formula is C22H17ClFN3O3S. The van der Waals surface area contributed by atoms with Crippen molar-refractivity contribution in [3.63, 3.8) is 0 Å².